The second-order valence-corrected chi connectivity index (χ2v) is 6.12. The van der Waals surface area contributed by atoms with Crippen molar-refractivity contribution in [3.05, 3.63) is 53.8 Å². The molecule has 1 N–H and O–H groups in total. The highest BCUT2D eigenvalue weighted by Gasteiger charge is 2.44. The third-order valence-electron chi connectivity index (χ3n) is 4.45. The van der Waals surface area contributed by atoms with E-state index in [9.17, 15) is 9.18 Å². The number of amides is 1. The molecule has 1 aliphatic heterocycles. The highest BCUT2D eigenvalue weighted by atomic mass is 19.1. The van der Waals surface area contributed by atoms with E-state index in [0.717, 1.165) is 0 Å². The van der Waals surface area contributed by atoms with Crippen molar-refractivity contribution >= 4 is 5.91 Å². The summed E-state index contributed by atoms with van der Waals surface area (Å²) in [7, 11) is 0. The van der Waals surface area contributed by atoms with Crippen LogP contribution in [0.3, 0.4) is 0 Å². The molecule has 0 saturated heterocycles. The first-order valence-electron chi connectivity index (χ1n) is 8.27. The molecule has 0 spiro atoms. The number of rotatable bonds is 6. The van der Waals surface area contributed by atoms with Crippen molar-refractivity contribution in [3.63, 3.8) is 0 Å². The SMILES string of the molecule is O=C(NCCOc1ccc2c(c1)OCO2)[C@@H]1C[C@@H]1c1ccccc1F. The highest BCUT2D eigenvalue weighted by molar-refractivity contribution is 5.82. The molecule has 6 heteroatoms. The Balaban J connectivity index is 1.22. The Bertz CT molecular complexity index is 795. The first-order valence-corrected chi connectivity index (χ1v) is 8.27. The predicted octanol–water partition coefficient (Wildman–Crippen LogP) is 2.85. The van der Waals surface area contributed by atoms with Gasteiger partial charge in [-0.2, -0.15) is 0 Å². The number of fused-ring (bicyclic) bond motifs is 1. The number of nitrogens with one attached hydrogen (secondary N) is 1. The summed E-state index contributed by atoms with van der Waals surface area (Å²) < 4.78 is 29.9. The molecule has 1 amide bonds. The largest absolute Gasteiger partial charge is 0.492 e. The van der Waals surface area contributed by atoms with Crippen LogP contribution < -0.4 is 19.5 Å². The second-order valence-electron chi connectivity index (χ2n) is 6.12. The molecule has 1 saturated carbocycles. The smallest absolute Gasteiger partial charge is 0.231 e. The van der Waals surface area contributed by atoms with Crippen LogP contribution >= 0.6 is 0 Å². The van der Waals surface area contributed by atoms with E-state index in [-0.39, 0.29) is 30.4 Å². The van der Waals surface area contributed by atoms with Crippen LogP contribution in [0.1, 0.15) is 17.9 Å². The summed E-state index contributed by atoms with van der Waals surface area (Å²) in [6.45, 7) is 0.968. The molecule has 2 aromatic carbocycles. The van der Waals surface area contributed by atoms with Gasteiger partial charge in [0.1, 0.15) is 18.2 Å². The number of hydrogen-bond donors (Lipinski definition) is 1. The molecular formula is C19H18FNO4. The second kappa shape index (κ2) is 6.63. The molecule has 4 rings (SSSR count). The van der Waals surface area contributed by atoms with Crippen molar-refractivity contribution in [2.24, 2.45) is 5.92 Å². The fourth-order valence-electron chi connectivity index (χ4n) is 3.05. The van der Waals surface area contributed by atoms with Crippen molar-refractivity contribution in [1.82, 2.24) is 5.32 Å². The van der Waals surface area contributed by atoms with Gasteiger partial charge < -0.3 is 19.5 Å². The molecule has 2 aliphatic rings. The quantitative estimate of drug-likeness (QED) is 0.820. The van der Waals surface area contributed by atoms with Crippen LogP contribution in [0.15, 0.2) is 42.5 Å². The summed E-state index contributed by atoms with van der Waals surface area (Å²) in [4.78, 5) is 12.1. The molecule has 2 aromatic rings. The molecule has 2 atom stereocenters. The van der Waals surface area contributed by atoms with E-state index in [1.54, 1.807) is 36.4 Å². The van der Waals surface area contributed by atoms with Crippen molar-refractivity contribution in [2.45, 2.75) is 12.3 Å². The maximum absolute atomic E-state index is 13.7. The van der Waals surface area contributed by atoms with E-state index in [0.29, 0.717) is 42.4 Å². The Labute approximate surface area is 144 Å². The molecule has 1 aliphatic carbocycles. The van der Waals surface area contributed by atoms with E-state index < -0.39 is 0 Å². The normalized spacial score (nSPS) is 20.2. The van der Waals surface area contributed by atoms with Crippen LogP contribution in [-0.4, -0.2) is 25.9 Å². The van der Waals surface area contributed by atoms with Gasteiger partial charge in [0, 0.05) is 12.0 Å². The molecule has 0 unspecified atom stereocenters. The molecule has 25 heavy (non-hydrogen) atoms. The van der Waals surface area contributed by atoms with Crippen LogP contribution in [-0.2, 0) is 4.79 Å². The van der Waals surface area contributed by atoms with Gasteiger partial charge in [0.2, 0.25) is 12.7 Å². The summed E-state index contributed by atoms with van der Waals surface area (Å²) in [5, 5.41) is 2.84. The van der Waals surface area contributed by atoms with Gasteiger partial charge in [-0.05, 0) is 36.1 Å². The lowest BCUT2D eigenvalue weighted by Gasteiger charge is -2.08. The number of halogens is 1. The standard InChI is InChI=1S/C19H18FNO4/c20-16-4-2-1-3-13(16)14-10-15(14)19(22)21-7-8-23-12-5-6-17-18(9-12)25-11-24-17/h1-6,9,14-15H,7-8,10-11H2,(H,21,22)/t14-,15-/m1/s1. The zero-order valence-electron chi connectivity index (χ0n) is 13.5. The van der Waals surface area contributed by atoms with Crippen molar-refractivity contribution in [3.8, 4) is 17.2 Å². The monoisotopic (exact) mass is 343 g/mol. The molecular weight excluding hydrogens is 325 g/mol. The number of benzene rings is 2. The summed E-state index contributed by atoms with van der Waals surface area (Å²) >= 11 is 0. The summed E-state index contributed by atoms with van der Waals surface area (Å²) in [6.07, 6.45) is 0.690. The highest BCUT2D eigenvalue weighted by Crippen LogP contribution is 2.48. The van der Waals surface area contributed by atoms with Gasteiger partial charge in [0.15, 0.2) is 11.5 Å². The van der Waals surface area contributed by atoms with Crippen molar-refractivity contribution < 1.29 is 23.4 Å². The number of ether oxygens (including phenoxy) is 3. The number of carbonyl (C=O) groups is 1. The maximum atomic E-state index is 13.7. The zero-order valence-corrected chi connectivity index (χ0v) is 13.5. The Kier molecular flexibility index (Phi) is 4.17. The predicted molar refractivity (Wildman–Crippen MR) is 88.3 cm³/mol. The Morgan fingerprint density at radius 1 is 1.20 bits per heavy atom. The lowest BCUT2D eigenvalue weighted by Crippen LogP contribution is -2.29. The van der Waals surface area contributed by atoms with Crippen molar-refractivity contribution in [1.29, 1.82) is 0 Å². The minimum atomic E-state index is -0.242. The van der Waals surface area contributed by atoms with Gasteiger partial charge in [-0.15, -0.1) is 0 Å². The Hall–Kier alpha value is -2.76. The summed E-state index contributed by atoms with van der Waals surface area (Å²) in [5.41, 5.74) is 0.624. The van der Waals surface area contributed by atoms with Crippen LogP contribution in [0.4, 0.5) is 4.39 Å². The van der Waals surface area contributed by atoms with E-state index in [2.05, 4.69) is 5.32 Å². The fourth-order valence-corrected chi connectivity index (χ4v) is 3.05. The van der Waals surface area contributed by atoms with Gasteiger partial charge in [0.25, 0.3) is 0 Å². The van der Waals surface area contributed by atoms with Gasteiger partial charge in [-0.3, -0.25) is 4.79 Å². The molecule has 0 aromatic heterocycles. The third-order valence-corrected chi connectivity index (χ3v) is 4.45. The van der Waals surface area contributed by atoms with Crippen LogP contribution in [0, 0.1) is 11.7 Å². The maximum Gasteiger partial charge on any atom is 0.231 e. The average molecular weight is 343 g/mol. The van der Waals surface area contributed by atoms with Crippen LogP contribution in [0.2, 0.25) is 0 Å². The third kappa shape index (κ3) is 3.38. The first-order chi connectivity index (χ1) is 12.2. The fraction of sp³-hybridized carbons (Fsp3) is 0.316. The molecule has 5 nitrogen and oxygen atoms in total. The zero-order chi connectivity index (χ0) is 17.2. The minimum Gasteiger partial charge on any atom is -0.492 e. The Morgan fingerprint density at radius 2 is 2.04 bits per heavy atom. The van der Waals surface area contributed by atoms with E-state index in [1.807, 2.05) is 0 Å². The van der Waals surface area contributed by atoms with Gasteiger partial charge in [-0.25, -0.2) is 4.39 Å². The average Bonchev–Trinajstić information content (AvgIpc) is 3.28. The topological polar surface area (TPSA) is 56.8 Å². The molecule has 0 radical (unpaired) electrons. The molecule has 1 fully saturated rings. The molecule has 130 valence electrons. The van der Waals surface area contributed by atoms with Crippen molar-refractivity contribution in [2.75, 3.05) is 19.9 Å². The summed E-state index contributed by atoms with van der Waals surface area (Å²) in [5.74, 6) is 1.56. The van der Waals surface area contributed by atoms with Crippen LogP contribution in [0.25, 0.3) is 0 Å². The molecule has 0 bridgehead atoms. The van der Waals surface area contributed by atoms with E-state index >= 15 is 0 Å². The Morgan fingerprint density at radius 3 is 2.92 bits per heavy atom. The van der Waals surface area contributed by atoms with E-state index in [4.69, 9.17) is 14.2 Å². The van der Waals surface area contributed by atoms with Gasteiger partial charge in [-0.1, -0.05) is 18.2 Å². The van der Waals surface area contributed by atoms with Crippen LogP contribution in [0.5, 0.6) is 17.2 Å². The minimum absolute atomic E-state index is 0.0176. The van der Waals surface area contributed by atoms with E-state index in [1.165, 1.54) is 6.07 Å². The first kappa shape index (κ1) is 15.7. The summed E-state index contributed by atoms with van der Waals surface area (Å²) in [6, 6.07) is 12.0. The lowest BCUT2D eigenvalue weighted by molar-refractivity contribution is -0.122. The number of carbonyl (C=O) groups excluding carboxylic acids is 1. The van der Waals surface area contributed by atoms with Gasteiger partial charge >= 0.3 is 0 Å². The van der Waals surface area contributed by atoms with Gasteiger partial charge in [0.05, 0.1) is 6.54 Å². The molecule has 1 heterocycles. The number of hydrogen-bond acceptors (Lipinski definition) is 4. The lowest BCUT2D eigenvalue weighted by atomic mass is 10.1.